The lowest BCUT2D eigenvalue weighted by Gasteiger charge is -2.44. The molecule has 1 aromatic heterocycles. The van der Waals surface area contributed by atoms with Crippen molar-refractivity contribution in [2.45, 2.75) is 38.1 Å². The van der Waals surface area contributed by atoms with Crippen LogP contribution >= 0.6 is 0 Å². The summed E-state index contributed by atoms with van der Waals surface area (Å²) in [6.07, 6.45) is -1.83. The zero-order valence-electron chi connectivity index (χ0n) is 23.2. The van der Waals surface area contributed by atoms with E-state index in [1.807, 2.05) is 30.7 Å². The van der Waals surface area contributed by atoms with Crippen molar-refractivity contribution in [3.63, 3.8) is 0 Å². The smallest absolute Gasteiger partial charge is 0.378 e. The molecule has 2 aromatic rings. The summed E-state index contributed by atoms with van der Waals surface area (Å²) >= 11 is 0. The van der Waals surface area contributed by atoms with E-state index in [4.69, 9.17) is 4.74 Å². The number of carbonyl (C=O) groups excluding carboxylic acids is 2. The van der Waals surface area contributed by atoms with Crippen LogP contribution in [-0.2, 0) is 14.3 Å². The van der Waals surface area contributed by atoms with Crippen LogP contribution in [0.2, 0.25) is 0 Å². The average molecular weight is 591 g/mol. The molecule has 3 aliphatic rings. The number of likely N-dealkylation sites (N-methyl/N-ethyl adjacent to an activating group) is 1. The maximum Gasteiger partial charge on any atom is 0.415 e. The highest BCUT2D eigenvalue weighted by atomic mass is 19.4. The molecule has 0 spiro atoms. The van der Waals surface area contributed by atoms with Crippen LogP contribution in [0.3, 0.4) is 0 Å². The van der Waals surface area contributed by atoms with Crippen molar-refractivity contribution < 1.29 is 31.9 Å². The van der Waals surface area contributed by atoms with Gasteiger partial charge in [-0.1, -0.05) is 0 Å². The second-order valence-electron chi connectivity index (χ2n) is 10.5. The number of piperazine rings is 1. The Balaban J connectivity index is 1.51. The van der Waals surface area contributed by atoms with Crippen molar-refractivity contribution in [3.05, 3.63) is 42.0 Å². The first-order valence-electron chi connectivity index (χ1n) is 13.4. The number of azo groups is 1. The molecular formula is C27H30F4N8O3. The number of rotatable bonds is 5. The fourth-order valence-electron chi connectivity index (χ4n) is 5.18. The molecule has 1 unspecified atom stereocenters. The first kappa shape index (κ1) is 29.5. The number of hydrogen-bond acceptors (Lipinski definition) is 9. The minimum Gasteiger partial charge on any atom is -0.378 e. The molecule has 224 valence electrons. The molecule has 3 aliphatic heterocycles. The SMILES string of the molecule is C[C@@H]1CN(c2cc(F)c(-c3cnc(N4CCOCC4)nc3)cc2NC(=O)C2N=NC(=O)C=C2C(F)(F)F)C[C@H](C)N1C. The van der Waals surface area contributed by atoms with Crippen molar-refractivity contribution in [1.82, 2.24) is 14.9 Å². The second kappa shape index (κ2) is 11.7. The zero-order chi connectivity index (χ0) is 30.2. The number of amides is 2. The molecule has 11 nitrogen and oxygen atoms in total. The Bertz CT molecular complexity index is 1400. The highest BCUT2D eigenvalue weighted by Crippen LogP contribution is 2.37. The number of carbonyl (C=O) groups is 2. The number of ether oxygens (including phenoxy) is 1. The van der Waals surface area contributed by atoms with Crippen LogP contribution in [-0.4, -0.2) is 97.4 Å². The van der Waals surface area contributed by atoms with E-state index in [2.05, 4.69) is 30.4 Å². The van der Waals surface area contributed by atoms with Crippen LogP contribution in [0.25, 0.3) is 11.1 Å². The highest BCUT2D eigenvalue weighted by Gasteiger charge is 2.44. The summed E-state index contributed by atoms with van der Waals surface area (Å²) in [5.74, 6) is -2.54. The molecule has 15 heteroatoms. The van der Waals surface area contributed by atoms with Crippen LogP contribution in [0, 0.1) is 5.82 Å². The maximum absolute atomic E-state index is 15.7. The molecule has 42 heavy (non-hydrogen) atoms. The van der Waals surface area contributed by atoms with Gasteiger partial charge in [-0.05, 0) is 33.0 Å². The first-order valence-corrected chi connectivity index (χ1v) is 13.4. The van der Waals surface area contributed by atoms with E-state index in [1.165, 1.54) is 24.5 Å². The largest absolute Gasteiger partial charge is 0.415 e. The molecule has 0 aliphatic carbocycles. The Morgan fingerprint density at radius 3 is 2.31 bits per heavy atom. The number of halogens is 4. The van der Waals surface area contributed by atoms with E-state index in [1.54, 1.807) is 0 Å². The summed E-state index contributed by atoms with van der Waals surface area (Å²) in [5.41, 5.74) is -0.706. The molecule has 2 saturated heterocycles. The summed E-state index contributed by atoms with van der Waals surface area (Å²) in [5, 5.41) is 8.99. The third-order valence-corrected chi connectivity index (χ3v) is 7.71. The van der Waals surface area contributed by atoms with Crippen molar-refractivity contribution >= 4 is 29.1 Å². The quantitative estimate of drug-likeness (QED) is 0.527. The van der Waals surface area contributed by atoms with Crippen LogP contribution in [0.1, 0.15) is 13.8 Å². The molecule has 0 bridgehead atoms. The van der Waals surface area contributed by atoms with Crippen LogP contribution < -0.4 is 15.1 Å². The zero-order valence-corrected chi connectivity index (χ0v) is 23.2. The van der Waals surface area contributed by atoms with Gasteiger partial charge in [0.25, 0.3) is 11.8 Å². The second-order valence-corrected chi connectivity index (χ2v) is 10.5. The van der Waals surface area contributed by atoms with Crippen LogP contribution in [0.15, 0.2) is 46.4 Å². The molecule has 2 fully saturated rings. The maximum atomic E-state index is 15.7. The predicted molar refractivity (Wildman–Crippen MR) is 146 cm³/mol. The Labute approximate surface area is 239 Å². The van der Waals surface area contributed by atoms with Gasteiger partial charge < -0.3 is 19.9 Å². The number of anilines is 3. The van der Waals surface area contributed by atoms with E-state index >= 15 is 4.39 Å². The summed E-state index contributed by atoms with van der Waals surface area (Å²) < 4.78 is 62.1. The number of benzene rings is 1. The number of hydrogen-bond donors (Lipinski definition) is 1. The molecule has 3 atom stereocenters. The van der Waals surface area contributed by atoms with Gasteiger partial charge in [0.1, 0.15) is 5.82 Å². The Hall–Kier alpha value is -3.98. The summed E-state index contributed by atoms with van der Waals surface area (Å²) in [6.45, 7) is 7.24. The van der Waals surface area contributed by atoms with E-state index < -0.39 is 35.4 Å². The van der Waals surface area contributed by atoms with Gasteiger partial charge in [0.2, 0.25) is 5.95 Å². The highest BCUT2D eigenvalue weighted by molar-refractivity contribution is 6.02. The Kier molecular flexibility index (Phi) is 8.23. The van der Waals surface area contributed by atoms with Crippen molar-refractivity contribution in [2.24, 2.45) is 10.2 Å². The molecule has 1 N–H and O–H groups in total. The first-order chi connectivity index (χ1) is 19.9. The van der Waals surface area contributed by atoms with Gasteiger partial charge in [-0.3, -0.25) is 14.5 Å². The number of alkyl halides is 3. The number of nitrogens with one attached hydrogen (secondary N) is 1. The molecule has 1 aromatic carbocycles. The topological polar surface area (TPSA) is 116 Å². The van der Waals surface area contributed by atoms with Gasteiger partial charge in [0.05, 0.1) is 30.2 Å². The minimum atomic E-state index is -4.99. The van der Waals surface area contributed by atoms with Gasteiger partial charge in [-0.25, -0.2) is 14.4 Å². The fraction of sp³-hybridized carbons (Fsp3) is 0.481. The minimum absolute atomic E-state index is 0.0461. The average Bonchev–Trinajstić information content (AvgIpc) is 2.96. The predicted octanol–water partition coefficient (Wildman–Crippen LogP) is 3.44. The lowest BCUT2D eigenvalue weighted by molar-refractivity contribution is -0.124. The molecule has 0 radical (unpaired) electrons. The van der Waals surface area contributed by atoms with Gasteiger partial charge in [-0.15, -0.1) is 5.11 Å². The third kappa shape index (κ3) is 6.11. The van der Waals surface area contributed by atoms with Gasteiger partial charge >= 0.3 is 6.18 Å². The lowest BCUT2D eigenvalue weighted by atomic mass is 10.0. The number of aromatic nitrogens is 2. The number of morpholine rings is 1. The molecule has 2 amide bonds. The van der Waals surface area contributed by atoms with Crippen molar-refractivity contribution in [3.8, 4) is 11.1 Å². The molecular weight excluding hydrogens is 560 g/mol. The summed E-state index contributed by atoms with van der Waals surface area (Å²) in [7, 11) is 1.97. The normalized spacial score (nSPS) is 23.6. The van der Waals surface area contributed by atoms with Crippen LogP contribution in [0.5, 0.6) is 0 Å². The lowest BCUT2D eigenvalue weighted by Crippen LogP contribution is -2.55. The van der Waals surface area contributed by atoms with Gasteiger partial charge in [0.15, 0.2) is 6.04 Å². The third-order valence-electron chi connectivity index (χ3n) is 7.71. The Morgan fingerprint density at radius 2 is 1.69 bits per heavy atom. The monoisotopic (exact) mass is 590 g/mol. The molecule has 5 rings (SSSR count). The van der Waals surface area contributed by atoms with E-state index in [9.17, 15) is 22.8 Å². The van der Waals surface area contributed by atoms with E-state index in [0.717, 1.165) is 0 Å². The Morgan fingerprint density at radius 1 is 1.05 bits per heavy atom. The molecule has 4 heterocycles. The van der Waals surface area contributed by atoms with Crippen molar-refractivity contribution in [2.75, 3.05) is 61.6 Å². The standard InChI is InChI=1S/C27H30F4N8O3/c1-15-13-39(14-16(2)37(15)3)22-10-20(28)18(17-11-32-26(33-12-17)38-4-6-42-7-5-38)8-21(22)34-25(41)24-19(27(29,30)31)9-23(40)35-36-24/h8-12,15-16,24H,4-7,13-14H2,1-3H3,(H,34,41)/t15-,16+,24?. The summed E-state index contributed by atoms with van der Waals surface area (Å²) in [4.78, 5) is 39.4. The van der Waals surface area contributed by atoms with E-state index in [-0.39, 0.29) is 29.4 Å². The molecule has 0 saturated carbocycles. The summed E-state index contributed by atoms with van der Waals surface area (Å²) in [6, 6.07) is 0.632. The van der Waals surface area contributed by atoms with Gasteiger partial charge in [-0.2, -0.15) is 18.3 Å². The van der Waals surface area contributed by atoms with Crippen molar-refractivity contribution in [1.29, 1.82) is 0 Å². The van der Waals surface area contributed by atoms with E-state index in [0.29, 0.717) is 56.6 Å². The van der Waals surface area contributed by atoms with Gasteiger partial charge in [0, 0.05) is 67.9 Å². The fourth-order valence-corrected chi connectivity index (χ4v) is 5.18. The van der Waals surface area contributed by atoms with Crippen LogP contribution in [0.4, 0.5) is 34.9 Å². The number of nitrogens with zero attached hydrogens (tertiary/aromatic N) is 7.